The van der Waals surface area contributed by atoms with Crippen molar-refractivity contribution in [2.45, 2.75) is 45.8 Å². The van der Waals surface area contributed by atoms with Crippen molar-refractivity contribution in [1.82, 2.24) is 5.32 Å². The Morgan fingerprint density at radius 3 is 2.95 bits per heavy atom. The molecule has 2 rings (SSSR count). The Morgan fingerprint density at radius 1 is 1.38 bits per heavy atom. The van der Waals surface area contributed by atoms with Gasteiger partial charge in [0, 0.05) is 24.4 Å². The number of fused-ring (bicyclic) bond motifs is 1. The normalized spacial score (nSPS) is 14.9. The molecule has 0 spiro atoms. The molecule has 21 heavy (non-hydrogen) atoms. The van der Waals surface area contributed by atoms with Gasteiger partial charge >= 0.3 is 0 Å². The monoisotopic (exact) mass is 290 g/mol. The van der Waals surface area contributed by atoms with Crippen molar-refractivity contribution in [2.24, 2.45) is 0 Å². The zero-order valence-electron chi connectivity index (χ0n) is 13.2. The van der Waals surface area contributed by atoms with Crippen molar-refractivity contribution in [3.63, 3.8) is 0 Å². The average molecular weight is 290 g/mol. The van der Waals surface area contributed by atoms with Crippen LogP contribution < -0.4 is 10.6 Å². The molecule has 0 radical (unpaired) electrons. The van der Waals surface area contributed by atoms with E-state index in [-0.39, 0.29) is 17.9 Å². The molecule has 0 saturated heterocycles. The van der Waals surface area contributed by atoms with Crippen LogP contribution in [0.5, 0.6) is 0 Å². The molecule has 116 valence electrons. The first-order valence-electron chi connectivity index (χ1n) is 7.84. The van der Waals surface area contributed by atoms with E-state index < -0.39 is 0 Å². The molecule has 1 aliphatic heterocycles. The second-order valence-corrected chi connectivity index (χ2v) is 5.86. The molecule has 1 aliphatic rings. The highest BCUT2D eigenvalue weighted by Crippen LogP contribution is 2.23. The number of ether oxygens (including phenoxy) is 1. The van der Waals surface area contributed by atoms with Gasteiger partial charge in [0.15, 0.2) is 5.78 Å². The van der Waals surface area contributed by atoms with E-state index in [4.69, 9.17) is 4.74 Å². The molecule has 0 saturated carbocycles. The van der Waals surface area contributed by atoms with Gasteiger partial charge in [-0.15, -0.1) is 0 Å². The number of carbonyl (C=O) groups excluding carboxylic acids is 1. The van der Waals surface area contributed by atoms with Crippen LogP contribution in [0.2, 0.25) is 0 Å². The Labute approximate surface area is 127 Å². The molecule has 0 bridgehead atoms. The number of hydrogen-bond donors (Lipinski definition) is 2. The van der Waals surface area contributed by atoms with Gasteiger partial charge in [-0.05, 0) is 63.9 Å². The summed E-state index contributed by atoms with van der Waals surface area (Å²) in [4.78, 5) is 12.4. The van der Waals surface area contributed by atoms with Gasteiger partial charge in [-0.1, -0.05) is 0 Å². The molecule has 0 amide bonds. The first-order chi connectivity index (χ1) is 10.1. The fourth-order valence-corrected chi connectivity index (χ4v) is 2.51. The van der Waals surface area contributed by atoms with E-state index in [1.54, 1.807) is 0 Å². The summed E-state index contributed by atoms with van der Waals surface area (Å²) in [7, 11) is 0. The summed E-state index contributed by atoms with van der Waals surface area (Å²) in [5.74, 6) is 0.162. The quantitative estimate of drug-likeness (QED) is 0.571. The Bertz CT molecular complexity index is 486. The van der Waals surface area contributed by atoms with Crippen molar-refractivity contribution < 1.29 is 9.53 Å². The summed E-state index contributed by atoms with van der Waals surface area (Å²) in [5.41, 5.74) is 3.22. The lowest BCUT2D eigenvalue weighted by Gasteiger charge is -2.14. The Balaban J connectivity index is 1.79. The van der Waals surface area contributed by atoms with Gasteiger partial charge in [0.1, 0.15) is 0 Å². The van der Waals surface area contributed by atoms with Crippen molar-refractivity contribution in [3.8, 4) is 0 Å². The number of carbonyl (C=O) groups is 1. The summed E-state index contributed by atoms with van der Waals surface area (Å²) in [6.45, 7) is 8.49. The van der Waals surface area contributed by atoms with E-state index in [9.17, 15) is 4.79 Å². The highest BCUT2D eigenvalue weighted by Gasteiger charge is 2.17. The Morgan fingerprint density at radius 2 is 2.19 bits per heavy atom. The number of rotatable bonds is 8. The maximum atomic E-state index is 12.4. The topological polar surface area (TPSA) is 50.4 Å². The maximum Gasteiger partial charge on any atom is 0.179 e. The van der Waals surface area contributed by atoms with E-state index >= 15 is 0 Å². The van der Waals surface area contributed by atoms with Gasteiger partial charge < -0.3 is 15.4 Å². The van der Waals surface area contributed by atoms with Gasteiger partial charge in [0.25, 0.3) is 0 Å². The Kier molecular flexibility index (Phi) is 5.76. The second-order valence-electron chi connectivity index (χ2n) is 5.86. The smallest absolute Gasteiger partial charge is 0.179 e. The first kappa shape index (κ1) is 16.0. The largest absolute Gasteiger partial charge is 0.384 e. The van der Waals surface area contributed by atoms with Crippen LogP contribution in [-0.4, -0.2) is 37.6 Å². The van der Waals surface area contributed by atoms with Crippen LogP contribution in [0.4, 0.5) is 5.69 Å². The number of anilines is 1. The van der Waals surface area contributed by atoms with Crippen LogP contribution in [0.1, 0.15) is 43.1 Å². The van der Waals surface area contributed by atoms with Gasteiger partial charge in [-0.2, -0.15) is 0 Å². The van der Waals surface area contributed by atoms with Gasteiger partial charge in [0.05, 0.1) is 12.1 Å². The average Bonchev–Trinajstić information content (AvgIpc) is 2.92. The summed E-state index contributed by atoms with van der Waals surface area (Å²) < 4.78 is 5.49. The van der Waals surface area contributed by atoms with Crippen LogP contribution in [0.15, 0.2) is 18.2 Å². The first-order valence-corrected chi connectivity index (χ1v) is 7.84. The molecule has 2 N–H and O–H groups in total. The van der Waals surface area contributed by atoms with Crippen LogP contribution in [0.3, 0.4) is 0 Å². The molecule has 1 heterocycles. The molecule has 0 aliphatic carbocycles. The predicted molar refractivity (Wildman–Crippen MR) is 86.1 cm³/mol. The third-order valence-electron chi connectivity index (χ3n) is 3.72. The number of nitrogens with one attached hydrogen (secondary N) is 2. The fourth-order valence-electron chi connectivity index (χ4n) is 2.51. The molecule has 1 unspecified atom stereocenters. The standard InChI is InChI=1S/C17H26N2O2/c1-12(2)21-10-4-8-18-13(3)17(20)15-5-6-16-14(11-15)7-9-19-16/h5-6,11-13,18-19H,4,7-10H2,1-3H3. The molecule has 1 atom stereocenters. The lowest BCUT2D eigenvalue weighted by molar-refractivity contribution is 0.0760. The molecular formula is C17H26N2O2. The van der Waals surface area contributed by atoms with Crippen molar-refractivity contribution in [3.05, 3.63) is 29.3 Å². The molecule has 1 aromatic rings. The van der Waals surface area contributed by atoms with Crippen molar-refractivity contribution in [1.29, 1.82) is 0 Å². The Hall–Kier alpha value is -1.39. The van der Waals surface area contributed by atoms with Crippen molar-refractivity contribution >= 4 is 11.5 Å². The van der Waals surface area contributed by atoms with E-state index in [0.29, 0.717) is 0 Å². The van der Waals surface area contributed by atoms with Gasteiger partial charge in [-0.3, -0.25) is 4.79 Å². The second kappa shape index (κ2) is 7.57. The van der Waals surface area contributed by atoms with Crippen LogP contribution in [0.25, 0.3) is 0 Å². The van der Waals surface area contributed by atoms with E-state index in [2.05, 4.69) is 10.6 Å². The maximum absolute atomic E-state index is 12.4. The summed E-state index contributed by atoms with van der Waals surface area (Å²) >= 11 is 0. The highest BCUT2D eigenvalue weighted by molar-refractivity contribution is 6.00. The number of ketones is 1. The minimum atomic E-state index is -0.156. The summed E-state index contributed by atoms with van der Waals surface area (Å²) in [6, 6.07) is 5.80. The SMILES string of the molecule is CC(C)OCCCNC(C)C(=O)c1ccc2c(c1)CCN2. The van der Waals surface area contributed by atoms with Gasteiger partial charge in [0.2, 0.25) is 0 Å². The highest BCUT2D eigenvalue weighted by atomic mass is 16.5. The lowest BCUT2D eigenvalue weighted by Crippen LogP contribution is -2.35. The minimum absolute atomic E-state index is 0.156. The predicted octanol–water partition coefficient (Wildman–Crippen LogP) is 2.63. The zero-order chi connectivity index (χ0) is 15.2. The van der Waals surface area contributed by atoms with E-state index in [1.807, 2.05) is 39.0 Å². The molecule has 1 aromatic carbocycles. The number of Topliss-reactive ketones (excluding diaryl/α,β-unsaturated/α-hetero) is 1. The lowest BCUT2D eigenvalue weighted by atomic mass is 10.0. The van der Waals surface area contributed by atoms with E-state index in [1.165, 1.54) is 5.56 Å². The third kappa shape index (κ3) is 4.55. The van der Waals surface area contributed by atoms with Crippen LogP contribution in [0, 0.1) is 0 Å². The molecule has 4 nitrogen and oxygen atoms in total. The molecular weight excluding hydrogens is 264 g/mol. The number of benzene rings is 1. The molecule has 4 heteroatoms. The van der Waals surface area contributed by atoms with Gasteiger partial charge in [-0.25, -0.2) is 0 Å². The molecule has 0 aromatic heterocycles. The molecule has 0 fully saturated rings. The third-order valence-corrected chi connectivity index (χ3v) is 3.72. The zero-order valence-corrected chi connectivity index (χ0v) is 13.2. The summed E-state index contributed by atoms with van der Waals surface area (Å²) in [5, 5.41) is 6.59. The fraction of sp³-hybridized carbons (Fsp3) is 0.588. The summed E-state index contributed by atoms with van der Waals surface area (Å²) in [6.07, 6.45) is 2.19. The minimum Gasteiger partial charge on any atom is -0.384 e. The number of hydrogen-bond acceptors (Lipinski definition) is 4. The van der Waals surface area contributed by atoms with E-state index in [0.717, 1.165) is 43.8 Å². The van der Waals surface area contributed by atoms with Crippen LogP contribution >= 0.6 is 0 Å². The van der Waals surface area contributed by atoms with Crippen LogP contribution in [-0.2, 0) is 11.2 Å². The van der Waals surface area contributed by atoms with Crippen molar-refractivity contribution in [2.75, 3.05) is 25.0 Å².